The molecule has 0 N–H and O–H groups in total. The third-order valence-electron chi connectivity index (χ3n) is 8.57. The van der Waals surface area contributed by atoms with Gasteiger partial charge in [0, 0.05) is 5.56 Å². The van der Waals surface area contributed by atoms with E-state index >= 15 is 0 Å². The van der Waals surface area contributed by atoms with Crippen molar-refractivity contribution in [1.82, 2.24) is 0 Å². The molecule has 0 aromatic heterocycles. The zero-order valence-corrected chi connectivity index (χ0v) is 22.8. The van der Waals surface area contributed by atoms with Crippen molar-refractivity contribution in [1.29, 1.82) is 0 Å². The van der Waals surface area contributed by atoms with Crippen LogP contribution >= 0.6 is 0 Å². The van der Waals surface area contributed by atoms with Gasteiger partial charge in [0.15, 0.2) is 0 Å². The molecule has 190 valence electrons. The van der Waals surface area contributed by atoms with Crippen molar-refractivity contribution in [3.63, 3.8) is 0 Å². The van der Waals surface area contributed by atoms with E-state index in [0.717, 1.165) is 5.56 Å². The molecule has 1 aliphatic heterocycles. The number of aliphatic imine (C=N–C) groups is 1. The van der Waals surface area contributed by atoms with Crippen LogP contribution < -0.4 is 0 Å². The number of ether oxygens (including phenoxy) is 1. The Bertz CT molecular complexity index is 1890. The number of hydrogen-bond acceptors (Lipinski definition) is 2. The number of rotatable bonds is 3. The number of fused-ring (bicyclic) bond motifs is 3. The highest BCUT2D eigenvalue weighted by atomic mass is 16.5. The second kappa shape index (κ2) is 8.54. The van der Waals surface area contributed by atoms with Gasteiger partial charge in [0.1, 0.15) is 5.60 Å². The first-order valence-corrected chi connectivity index (χ1v) is 13.6. The lowest BCUT2D eigenvalue weighted by Gasteiger charge is -2.30. The van der Waals surface area contributed by atoms with Crippen LogP contribution in [0.15, 0.2) is 120 Å². The van der Waals surface area contributed by atoms with E-state index in [2.05, 4.69) is 143 Å². The van der Waals surface area contributed by atoms with Gasteiger partial charge in [0.05, 0.1) is 5.54 Å². The highest BCUT2D eigenvalue weighted by Crippen LogP contribution is 2.44. The average molecular weight is 506 g/mol. The van der Waals surface area contributed by atoms with Crippen LogP contribution in [-0.2, 0) is 4.74 Å². The minimum Gasteiger partial charge on any atom is -0.469 e. The Morgan fingerprint density at radius 3 is 1.56 bits per heavy atom. The van der Waals surface area contributed by atoms with E-state index in [0.29, 0.717) is 5.90 Å². The molecule has 6 aromatic rings. The maximum Gasteiger partial charge on any atom is 0.217 e. The van der Waals surface area contributed by atoms with Crippen molar-refractivity contribution in [2.24, 2.45) is 4.99 Å². The van der Waals surface area contributed by atoms with Gasteiger partial charge in [-0.05, 0) is 100 Å². The molecular weight excluding hydrogens is 474 g/mol. The first-order valence-electron chi connectivity index (χ1n) is 13.6. The van der Waals surface area contributed by atoms with Crippen LogP contribution in [0.5, 0.6) is 0 Å². The van der Waals surface area contributed by atoms with Crippen molar-refractivity contribution in [2.45, 2.75) is 38.8 Å². The summed E-state index contributed by atoms with van der Waals surface area (Å²) in [6, 6.07) is 41.7. The van der Waals surface area contributed by atoms with Gasteiger partial charge in [-0.25, -0.2) is 4.99 Å². The molecule has 1 aliphatic rings. The topological polar surface area (TPSA) is 21.6 Å². The van der Waals surface area contributed by atoms with E-state index in [9.17, 15) is 0 Å². The van der Waals surface area contributed by atoms with Gasteiger partial charge in [-0.15, -0.1) is 0 Å². The third-order valence-corrected chi connectivity index (χ3v) is 8.57. The normalized spacial score (nSPS) is 15.9. The number of benzene rings is 6. The largest absolute Gasteiger partial charge is 0.469 e. The molecule has 39 heavy (non-hydrogen) atoms. The minimum absolute atomic E-state index is 0.292. The van der Waals surface area contributed by atoms with E-state index in [1.54, 1.807) is 0 Å². The fraction of sp³-hybridized carbons (Fsp3) is 0.162. The third kappa shape index (κ3) is 3.74. The van der Waals surface area contributed by atoms with Crippen molar-refractivity contribution in [3.8, 4) is 22.3 Å². The summed E-state index contributed by atoms with van der Waals surface area (Å²) >= 11 is 0. The van der Waals surface area contributed by atoms with Gasteiger partial charge in [0.25, 0.3) is 0 Å². The van der Waals surface area contributed by atoms with Crippen LogP contribution in [0.2, 0.25) is 0 Å². The minimum atomic E-state index is -0.362. The highest BCUT2D eigenvalue weighted by Gasteiger charge is 2.45. The molecule has 0 bridgehead atoms. The van der Waals surface area contributed by atoms with Crippen LogP contribution in [0.25, 0.3) is 54.6 Å². The molecule has 0 fully saturated rings. The Balaban J connectivity index is 1.49. The fourth-order valence-electron chi connectivity index (χ4n) is 5.80. The molecule has 0 saturated heterocycles. The maximum atomic E-state index is 6.38. The standard InChI is InChI=1S/C37H31NO/c1-36(2)37(3,4)39-35(38-36)28-15-11-14-26(23-28)33-29-16-7-9-18-31(29)34(32-19-10-8-17-30(32)33)27-21-20-24-12-5-6-13-25(24)22-27/h5-23H,1-4H3. The zero-order chi connectivity index (χ0) is 26.8. The van der Waals surface area contributed by atoms with Crippen molar-refractivity contribution in [3.05, 3.63) is 121 Å². The molecule has 2 heteroatoms. The van der Waals surface area contributed by atoms with Crippen LogP contribution in [0.1, 0.15) is 33.3 Å². The SMILES string of the molecule is CC1(C)N=C(c2cccc(-c3c4ccccc4c(-c4ccc5ccccc5c4)c4ccccc34)c2)OC1(C)C. The summed E-state index contributed by atoms with van der Waals surface area (Å²) in [5.41, 5.74) is 5.28. The zero-order valence-electron chi connectivity index (χ0n) is 22.8. The summed E-state index contributed by atoms with van der Waals surface area (Å²) in [6.45, 7) is 8.49. The lowest BCUT2D eigenvalue weighted by molar-refractivity contribution is 0.0619. The molecule has 0 unspecified atom stereocenters. The van der Waals surface area contributed by atoms with E-state index < -0.39 is 0 Å². The lowest BCUT2D eigenvalue weighted by Crippen LogP contribution is -2.41. The second-order valence-corrected chi connectivity index (χ2v) is 11.6. The van der Waals surface area contributed by atoms with Crippen molar-refractivity contribution >= 4 is 38.2 Å². The lowest BCUT2D eigenvalue weighted by atomic mass is 9.85. The molecule has 0 radical (unpaired) electrons. The van der Waals surface area contributed by atoms with E-state index in [1.165, 1.54) is 54.6 Å². The van der Waals surface area contributed by atoms with Gasteiger partial charge in [-0.3, -0.25) is 0 Å². The first kappa shape index (κ1) is 23.7. The highest BCUT2D eigenvalue weighted by molar-refractivity contribution is 6.22. The predicted molar refractivity (Wildman–Crippen MR) is 166 cm³/mol. The molecule has 7 rings (SSSR count). The predicted octanol–water partition coefficient (Wildman–Crippen LogP) is 9.81. The monoisotopic (exact) mass is 505 g/mol. The number of nitrogens with zero attached hydrogens (tertiary/aromatic N) is 1. The van der Waals surface area contributed by atoms with E-state index in [-0.39, 0.29) is 11.1 Å². The molecule has 0 saturated carbocycles. The van der Waals surface area contributed by atoms with Gasteiger partial charge < -0.3 is 4.74 Å². The van der Waals surface area contributed by atoms with Crippen LogP contribution in [0.4, 0.5) is 0 Å². The number of hydrogen-bond donors (Lipinski definition) is 0. The van der Waals surface area contributed by atoms with E-state index in [1.807, 2.05) is 0 Å². The first-order chi connectivity index (χ1) is 18.8. The van der Waals surface area contributed by atoms with Crippen LogP contribution in [0, 0.1) is 0 Å². The molecular formula is C37H31NO. The Hall–Kier alpha value is -4.43. The summed E-state index contributed by atoms with van der Waals surface area (Å²) < 4.78 is 6.38. The molecule has 0 spiro atoms. The fourth-order valence-corrected chi connectivity index (χ4v) is 5.80. The van der Waals surface area contributed by atoms with Gasteiger partial charge in [-0.2, -0.15) is 0 Å². The average Bonchev–Trinajstić information content (AvgIpc) is 3.17. The Morgan fingerprint density at radius 2 is 1.00 bits per heavy atom. The molecule has 2 nitrogen and oxygen atoms in total. The van der Waals surface area contributed by atoms with Gasteiger partial charge >= 0.3 is 0 Å². The Labute approximate surface area is 229 Å². The maximum absolute atomic E-state index is 6.38. The van der Waals surface area contributed by atoms with Crippen molar-refractivity contribution < 1.29 is 4.74 Å². The van der Waals surface area contributed by atoms with Gasteiger partial charge in [-0.1, -0.05) is 97.1 Å². The summed E-state index contributed by atoms with van der Waals surface area (Å²) in [6.07, 6.45) is 0. The second-order valence-electron chi connectivity index (χ2n) is 11.6. The molecule has 0 amide bonds. The molecule has 0 aliphatic carbocycles. The summed E-state index contributed by atoms with van der Waals surface area (Å²) in [5, 5.41) is 7.50. The Kier molecular flexibility index (Phi) is 5.18. The van der Waals surface area contributed by atoms with Gasteiger partial charge in [0.2, 0.25) is 5.90 Å². The molecule has 6 aromatic carbocycles. The quantitative estimate of drug-likeness (QED) is 0.219. The van der Waals surface area contributed by atoms with E-state index in [4.69, 9.17) is 9.73 Å². The van der Waals surface area contributed by atoms with Crippen molar-refractivity contribution in [2.75, 3.05) is 0 Å². The van der Waals surface area contributed by atoms with Crippen LogP contribution in [-0.4, -0.2) is 17.0 Å². The summed E-state index contributed by atoms with van der Waals surface area (Å²) in [4.78, 5) is 4.98. The van der Waals surface area contributed by atoms with Crippen LogP contribution in [0.3, 0.4) is 0 Å². The molecule has 0 atom stereocenters. The smallest absolute Gasteiger partial charge is 0.217 e. The molecule has 1 heterocycles. The Morgan fingerprint density at radius 1 is 0.487 bits per heavy atom. The summed E-state index contributed by atoms with van der Waals surface area (Å²) in [7, 11) is 0. The summed E-state index contributed by atoms with van der Waals surface area (Å²) in [5.74, 6) is 0.716.